The van der Waals surface area contributed by atoms with Crippen molar-refractivity contribution in [3.8, 4) is 17.2 Å². The van der Waals surface area contributed by atoms with Gasteiger partial charge in [0, 0.05) is 42.7 Å². The Hall–Kier alpha value is -3.76. The summed E-state index contributed by atoms with van der Waals surface area (Å²) in [6.07, 6.45) is 5.29. The number of benzene rings is 2. The molecule has 1 aliphatic rings. The van der Waals surface area contributed by atoms with Crippen LogP contribution in [0.2, 0.25) is 18.1 Å². The smallest absolute Gasteiger partial charge is 0.257 e. The fourth-order valence-corrected chi connectivity index (χ4v) is 4.78. The topological polar surface area (TPSA) is 103 Å². The second-order valence-corrected chi connectivity index (χ2v) is 16.3. The van der Waals surface area contributed by atoms with Crippen molar-refractivity contribution in [1.82, 2.24) is 14.9 Å². The molecule has 212 valence electrons. The highest BCUT2D eigenvalue weighted by atomic mass is 28.4. The summed E-state index contributed by atoms with van der Waals surface area (Å²) >= 11 is 0. The first-order valence-electron chi connectivity index (χ1n) is 13.5. The molecule has 40 heavy (non-hydrogen) atoms. The highest BCUT2D eigenvalue weighted by Crippen LogP contribution is 2.37. The van der Waals surface area contributed by atoms with Crippen molar-refractivity contribution >= 4 is 25.9 Å². The van der Waals surface area contributed by atoms with Gasteiger partial charge in [-0.15, -0.1) is 0 Å². The number of likely N-dealkylation sites (tertiary alicyclic amines) is 1. The van der Waals surface area contributed by atoms with E-state index in [0.717, 1.165) is 19.5 Å². The van der Waals surface area contributed by atoms with Crippen LogP contribution in [-0.2, 0) is 4.43 Å². The Kier molecular flexibility index (Phi) is 8.90. The third-order valence-electron chi connectivity index (χ3n) is 7.25. The summed E-state index contributed by atoms with van der Waals surface area (Å²) in [6, 6.07) is 12.0. The molecule has 1 aromatic heterocycles. The van der Waals surface area contributed by atoms with E-state index in [9.17, 15) is 9.59 Å². The zero-order valence-corrected chi connectivity index (χ0v) is 25.1. The van der Waals surface area contributed by atoms with Crippen molar-refractivity contribution in [3.63, 3.8) is 0 Å². The number of hydrogen-bond donors (Lipinski definition) is 1. The van der Waals surface area contributed by atoms with Crippen molar-refractivity contribution in [2.45, 2.75) is 58.4 Å². The lowest BCUT2D eigenvalue weighted by Crippen LogP contribution is -2.43. The molecule has 0 aliphatic carbocycles. The molecule has 2 heterocycles. The van der Waals surface area contributed by atoms with Crippen molar-refractivity contribution in [1.29, 1.82) is 0 Å². The Bertz CT molecular complexity index is 1320. The van der Waals surface area contributed by atoms with E-state index in [1.54, 1.807) is 42.5 Å². The molecule has 1 fully saturated rings. The van der Waals surface area contributed by atoms with Crippen LogP contribution in [0.4, 0.5) is 5.82 Å². The Morgan fingerprint density at radius 3 is 2.30 bits per heavy atom. The Morgan fingerprint density at radius 2 is 1.70 bits per heavy atom. The number of nitrogens with zero attached hydrogens (tertiary/aromatic N) is 3. The van der Waals surface area contributed by atoms with Gasteiger partial charge in [0.15, 0.2) is 14.1 Å². The minimum atomic E-state index is -1.95. The summed E-state index contributed by atoms with van der Waals surface area (Å²) in [6.45, 7) is 14.9. The largest absolute Gasteiger partial charge is 0.488 e. The molecule has 0 saturated carbocycles. The van der Waals surface area contributed by atoms with Crippen molar-refractivity contribution in [2.24, 2.45) is 0 Å². The standard InChI is InChI=1S/C30H38N4O5Si/c1-21(20-37-40(5,6)30(2,3)4)38-25-16-23(28(35)33-27-19-31-12-13-32-27)17-26(18-25)39-24-10-8-22(9-11-24)29(36)34-14-7-15-34/h8-13,16-19,21H,7,14-15,20H2,1-6H3,(H,32,33,35)/t21-/m0/s1. The summed E-state index contributed by atoms with van der Waals surface area (Å²) in [5.41, 5.74) is 0.948. The van der Waals surface area contributed by atoms with Crippen LogP contribution < -0.4 is 14.8 Å². The molecule has 2 amide bonds. The number of ether oxygens (including phenoxy) is 2. The fourth-order valence-electron chi connectivity index (χ4n) is 3.69. The lowest BCUT2D eigenvalue weighted by Gasteiger charge is -2.36. The van der Waals surface area contributed by atoms with Gasteiger partial charge in [0.05, 0.1) is 12.8 Å². The van der Waals surface area contributed by atoms with Gasteiger partial charge in [0.1, 0.15) is 23.4 Å². The highest BCUT2D eigenvalue weighted by Gasteiger charge is 2.37. The molecular formula is C30H38N4O5Si. The fraction of sp³-hybridized carbons (Fsp3) is 0.400. The number of hydrogen-bond acceptors (Lipinski definition) is 7. The second kappa shape index (κ2) is 12.2. The predicted molar refractivity (Wildman–Crippen MR) is 157 cm³/mol. The highest BCUT2D eigenvalue weighted by molar-refractivity contribution is 6.74. The molecule has 10 heteroatoms. The zero-order chi connectivity index (χ0) is 28.9. The van der Waals surface area contributed by atoms with E-state index in [1.165, 1.54) is 18.6 Å². The predicted octanol–water partition coefficient (Wildman–Crippen LogP) is 6.16. The molecule has 0 spiro atoms. The van der Waals surface area contributed by atoms with Gasteiger partial charge in [0.2, 0.25) is 0 Å². The van der Waals surface area contributed by atoms with Crippen LogP contribution in [0.25, 0.3) is 0 Å². The van der Waals surface area contributed by atoms with Gasteiger partial charge in [-0.05, 0) is 67.9 Å². The van der Waals surface area contributed by atoms with Crippen LogP contribution in [-0.4, -0.2) is 60.8 Å². The molecular weight excluding hydrogens is 524 g/mol. The molecule has 1 saturated heterocycles. The maximum absolute atomic E-state index is 13.1. The van der Waals surface area contributed by atoms with E-state index >= 15 is 0 Å². The van der Waals surface area contributed by atoms with E-state index in [-0.39, 0.29) is 23.0 Å². The van der Waals surface area contributed by atoms with Crippen molar-refractivity contribution in [2.75, 3.05) is 25.0 Å². The number of carbonyl (C=O) groups excluding carboxylic acids is 2. The third-order valence-corrected chi connectivity index (χ3v) is 11.8. The van der Waals surface area contributed by atoms with Gasteiger partial charge in [0.25, 0.3) is 11.8 Å². The van der Waals surface area contributed by atoms with Crippen LogP contribution in [0, 0.1) is 0 Å². The summed E-state index contributed by atoms with van der Waals surface area (Å²) in [7, 11) is -1.95. The van der Waals surface area contributed by atoms with Crippen LogP contribution in [0.1, 0.15) is 54.8 Å². The molecule has 9 nitrogen and oxygen atoms in total. The quantitative estimate of drug-likeness (QED) is 0.295. The number of rotatable bonds is 10. The first kappa shape index (κ1) is 29.2. The van der Waals surface area contributed by atoms with Crippen molar-refractivity contribution < 1.29 is 23.5 Å². The third kappa shape index (κ3) is 7.45. The molecule has 1 N–H and O–H groups in total. The number of nitrogens with one attached hydrogen (secondary N) is 1. The molecule has 4 rings (SSSR count). The number of carbonyl (C=O) groups is 2. The van der Waals surface area contributed by atoms with E-state index < -0.39 is 8.32 Å². The maximum atomic E-state index is 13.1. The molecule has 0 bridgehead atoms. The minimum absolute atomic E-state index is 0.0186. The number of anilines is 1. The second-order valence-electron chi connectivity index (χ2n) is 11.5. The first-order valence-corrected chi connectivity index (χ1v) is 16.4. The maximum Gasteiger partial charge on any atom is 0.257 e. The molecule has 2 aromatic carbocycles. The average molecular weight is 563 g/mol. The lowest BCUT2D eigenvalue weighted by molar-refractivity contribution is 0.0651. The number of aromatic nitrogens is 2. The van der Waals surface area contributed by atoms with Gasteiger partial charge in [-0.3, -0.25) is 14.6 Å². The minimum Gasteiger partial charge on any atom is -0.488 e. The van der Waals surface area contributed by atoms with Crippen LogP contribution in [0.3, 0.4) is 0 Å². The van der Waals surface area contributed by atoms with Gasteiger partial charge in [-0.25, -0.2) is 4.98 Å². The zero-order valence-electron chi connectivity index (χ0n) is 24.1. The molecule has 0 radical (unpaired) electrons. The Morgan fingerprint density at radius 1 is 1.00 bits per heavy atom. The SMILES string of the molecule is C[C@@H](CO[Si](C)(C)C(C)(C)C)Oc1cc(Oc2ccc(C(=O)N3CCC3)cc2)cc(C(=O)Nc2cnccn2)c1. The molecule has 3 aromatic rings. The molecule has 1 aliphatic heterocycles. The van der Waals surface area contributed by atoms with Gasteiger partial charge in [-0.2, -0.15) is 0 Å². The molecule has 0 unspecified atom stereocenters. The van der Waals surface area contributed by atoms with E-state index in [2.05, 4.69) is 49.1 Å². The van der Waals surface area contributed by atoms with E-state index in [4.69, 9.17) is 13.9 Å². The van der Waals surface area contributed by atoms with E-state index in [0.29, 0.717) is 40.8 Å². The monoisotopic (exact) mass is 562 g/mol. The Labute approximate surface area is 237 Å². The van der Waals surface area contributed by atoms with Crippen molar-refractivity contribution in [3.05, 3.63) is 72.2 Å². The Balaban J connectivity index is 1.52. The van der Waals surface area contributed by atoms with E-state index in [1.807, 2.05) is 11.8 Å². The summed E-state index contributed by atoms with van der Waals surface area (Å²) in [4.78, 5) is 35.5. The summed E-state index contributed by atoms with van der Waals surface area (Å²) in [5.74, 6) is 1.40. The van der Waals surface area contributed by atoms with Crippen LogP contribution >= 0.6 is 0 Å². The van der Waals surface area contributed by atoms with Crippen LogP contribution in [0.15, 0.2) is 61.1 Å². The van der Waals surface area contributed by atoms with Gasteiger partial charge < -0.3 is 24.1 Å². The lowest BCUT2D eigenvalue weighted by atomic mass is 10.1. The van der Waals surface area contributed by atoms with Gasteiger partial charge in [-0.1, -0.05) is 20.8 Å². The average Bonchev–Trinajstić information content (AvgIpc) is 2.87. The molecule has 1 atom stereocenters. The first-order chi connectivity index (χ1) is 18.9. The summed E-state index contributed by atoms with van der Waals surface area (Å²) < 4.78 is 18.6. The normalized spacial score (nSPS) is 14.2. The summed E-state index contributed by atoms with van der Waals surface area (Å²) in [5, 5.41) is 2.83. The van der Waals surface area contributed by atoms with Crippen LogP contribution in [0.5, 0.6) is 17.2 Å². The number of amides is 2. The van der Waals surface area contributed by atoms with Gasteiger partial charge >= 0.3 is 0 Å².